The SMILES string of the molecule is COCCNC(=O)C[C@H]1CC[C@H]2[C@@H](COC[C@H](O)CN2C(=O)c2cc(Cl)cc(Cl)c2)O1. The Hall–Kier alpha value is -1.42. The molecule has 0 spiro atoms. The van der Waals surface area contributed by atoms with Crippen molar-refractivity contribution in [2.75, 3.05) is 40.0 Å². The molecule has 2 aliphatic heterocycles. The predicted octanol–water partition coefficient (Wildman–Crippen LogP) is 1.90. The molecule has 3 rings (SSSR count). The second-order valence-corrected chi connectivity index (χ2v) is 8.67. The summed E-state index contributed by atoms with van der Waals surface area (Å²) in [5, 5.41) is 13.8. The fourth-order valence-electron chi connectivity index (χ4n) is 3.99. The molecule has 0 aliphatic carbocycles. The average molecular weight is 475 g/mol. The number of aliphatic hydroxyl groups is 1. The molecule has 1 aromatic rings. The Morgan fingerprint density at radius 1 is 1.23 bits per heavy atom. The Kier molecular flexibility index (Phi) is 8.95. The minimum absolute atomic E-state index is 0.0921. The largest absolute Gasteiger partial charge is 0.389 e. The first-order valence-corrected chi connectivity index (χ1v) is 11.1. The van der Waals surface area contributed by atoms with Crippen LogP contribution in [0.25, 0.3) is 0 Å². The minimum Gasteiger partial charge on any atom is -0.389 e. The van der Waals surface area contributed by atoms with Gasteiger partial charge in [-0.3, -0.25) is 9.59 Å². The van der Waals surface area contributed by atoms with Crippen LogP contribution in [0, 0.1) is 0 Å². The molecule has 0 saturated carbocycles. The molecule has 4 atom stereocenters. The molecule has 2 amide bonds. The van der Waals surface area contributed by atoms with Gasteiger partial charge in [0.25, 0.3) is 5.91 Å². The number of rotatable bonds is 6. The van der Waals surface area contributed by atoms with Crippen LogP contribution in [0.5, 0.6) is 0 Å². The third-order valence-electron chi connectivity index (χ3n) is 5.39. The van der Waals surface area contributed by atoms with E-state index >= 15 is 0 Å². The van der Waals surface area contributed by atoms with E-state index in [1.807, 2.05) is 0 Å². The molecule has 172 valence electrons. The first-order valence-electron chi connectivity index (χ1n) is 10.3. The summed E-state index contributed by atoms with van der Waals surface area (Å²) in [7, 11) is 1.58. The monoisotopic (exact) mass is 474 g/mol. The molecule has 0 radical (unpaired) electrons. The van der Waals surface area contributed by atoms with Crippen molar-refractivity contribution in [3.63, 3.8) is 0 Å². The number of benzene rings is 1. The Bertz CT molecular complexity index is 760. The normalized spacial score (nSPS) is 26.5. The number of hydrogen-bond acceptors (Lipinski definition) is 6. The van der Waals surface area contributed by atoms with Crippen molar-refractivity contribution in [2.45, 2.75) is 43.6 Å². The molecule has 0 unspecified atom stereocenters. The van der Waals surface area contributed by atoms with Gasteiger partial charge in [0, 0.05) is 35.8 Å². The topological polar surface area (TPSA) is 97.3 Å². The molecule has 0 aromatic heterocycles. The maximum Gasteiger partial charge on any atom is 0.254 e. The van der Waals surface area contributed by atoms with E-state index in [2.05, 4.69) is 5.32 Å². The van der Waals surface area contributed by atoms with Crippen LogP contribution in [0.2, 0.25) is 10.0 Å². The van der Waals surface area contributed by atoms with Crippen molar-refractivity contribution in [1.82, 2.24) is 10.2 Å². The number of nitrogens with one attached hydrogen (secondary N) is 1. The highest BCUT2D eigenvalue weighted by atomic mass is 35.5. The Morgan fingerprint density at radius 3 is 2.68 bits per heavy atom. The molecule has 10 heteroatoms. The first-order chi connectivity index (χ1) is 14.9. The number of methoxy groups -OCH3 is 1. The quantitative estimate of drug-likeness (QED) is 0.611. The molecule has 2 aliphatic rings. The van der Waals surface area contributed by atoms with E-state index in [1.165, 1.54) is 0 Å². The molecule has 2 N–H and O–H groups in total. The van der Waals surface area contributed by atoms with Gasteiger partial charge in [-0.15, -0.1) is 0 Å². The molecular formula is C21H28Cl2N2O6. The van der Waals surface area contributed by atoms with E-state index < -0.39 is 12.2 Å². The number of β-amino-alcohol motifs (C(OH)–C–C–N with tert-alkyl or cyclic N) is 1. The number of carbonyl (C=O) groups is 2. The second kappa shape index (κ2) is 11.4. The van der Waals surface area contributed by atoms with Gasteiger partial charge in [-0.25, -0.2) is 0 Å². The highest BCUT2D eigenvalue weighted by molar-refractivity contribution is 6.35. The van der Waals surface area contributed by atoms with Gasteiger partial charge < -0.3 is 29.5 Å². The van der Waals surface area contributed by atoms with Gasteiger partial charge in [-0.1, -0.05) is 23.2 Å². The molecule has 8 nitrogen and oxygen atoms in total. The highest BCUT2D eigenvalue weighted by Crippen LogP contribution is 2.29. The van der Waals surface area contributed by atoms with Gasteiger partial charge in [0.2, 0.25) is 5.91 Å². The van der Waals surface area contributed by atoms with Crippen LogP contribution in [-0.4, -0.2) is 86.2 Å². The van der Waals surface area contributed by atoms with E-state index in [0.29, 0.717) is 41.6 Å². The van der Waals surface area contributed by atoms with Crippen molar-refractivity contribution in [3.8, 4) is 0 Å². The molecule has 2 saturated heterocycles. The van der Waals surface area contributed by atoms with Crippen LogP contribution in [0.1, 0.15) is 29.6 Å². The zero-order valence-electron chi connectivity index (χ0n) is 17.4. The van der Waals surface area contributed by atoms with Gasteiger partial charge in [0.1, 0.15) is 6.10 Å². The number of nitrogens with zero attached hydrogens (tertiary/aromatic N) is 1. The summed E-state index contributed by atoms with van der Waals surface area (Å²) in [6, 6.07) is 4.38. The number of aliphatic hydroxyl groups excluding tert-OH is 1. The predicted molar refractivity (Wildman–Crippen MR) is 116 cm³/mol. The lowest BCUT2D eigenvalue weighted by atomic mass is 9.94. The standard InChI is InChI=1S/C21H28Cl2N2O6/c1-29-5-4-24-20(27)9-17-2-3-18-19(31-17)12-30-11-16(26)10-25(18)21(28)13-6-14(22)8-15(23)7-13/h6-8,16-19,26H,2-5,9-12H2,1H3,(H,24,27)/t16-,17-,18+,19-/m1/s1. The third-order valence-corrected chi connectivity index (χ3v) is 5.83. The molecule has 0 bridgehead atoms. The zero-order valence-corrected chi connectivity index (χ0v) is 18.9. The fraction of sp³-hybridized carbons (Fsp3) is 0.619. The van der Waals surface area contributed by atoms with E-state index in [4.69, 9.17) is 37.4 Å². The van der Waals surface area contributed by atoms with E-state index in [0.717, 1.165) is 0 Å². The summed E-state index contributed by atoms with van der Waals surface area (Å²) in [4.78, 5) is 27.1. The second-order valence-electron chi connectivity index (χ2n) is 7.80. The number of fused-ring (bicyclic) bond motifs is 1. The number of ether oxygens (including phenoxy) is 3. The van der Waals surface area contributed by atoms with Crippen molar-refractivity contribution >= 4 is 35.0 Å². The molecular weight excluding hydrogens is 447 g/mol. The fourth-order valence-corrected chi connectivity index (χ4v) is 4.52. The summed E-state index contributed by atoms with van der Waals surface area (Å²) < 4.78 is 16.7. The molecule has 2 heterocycles. The third kappa shape index (κ3) is 6.78. The lowest BCUT2D eigenvalue weighted by Gasteiger charge is -2.44. The van der Waals surface area contributed by atoms with E-state index in [9.17, 15) is 14.7 Å². The number of amides is 2. The summed E-state index contributed by atoms with van der Waals surface area (Å²) >= 11 is 12.2. The smallest absolute Gasteiger partial charge is 0.254 e. The number of hydrogen-bond donors (Lipinski definition) is 2. The van der Waals surface area contributed by atoms with Crippen molar-refractivity contribution in [1.29, 1.82) is 0 Å². The average Bonchev–Trinajstić information content (AvgIpc) is 2.70. The highest BCUT2D eigenvalue weighted by Gasteiger charge is 2.40. The van der Waals surface area contributed by atoms with Crippen LogP contribution >= 0.6 is 23.2 Å². The Balaban J connectivity index is 1.71. The van der Waals surface area contributed by atoms with Gasteiger partial charge in [0.05, 0.1) is 44.5 Å². The first kappa shape index (κ1) is 24.2. The van der Waals surface area contributed by atoms with Crippen molar-refractivity contribution in [3.05, 3.63) is 33.8 Å². The maximum absolute atomic E-state index is 13.3. The minimum atomic E-state index is -0.816. The summed E-state index contributed by atoms with van der Waals surface area (Å²) in [5.74, 6) is -0.385. The molecule has 2 fully saturated rings. The van der Waals surface area contributed by atoms with Crippen LogP contribution in [-0.2, 0) is 19.0 Å². The molecule has 1 aromatic carbocycles. The maximum atomic E-state index is 13.3. The number of halogens is 2. The Morgan fingerprint density at radius 2 is 1.97 bits per heavy atom. The van der Waals surface area contributed by atoms with E-state index in [1.54, 1.807) is 30.2 Å². The van der Waals surface area contributed by atoms with Gasteiger partial charge in [-0.05, 0) is 31.0 Å². The lowest BCUT2D eigenvalue weighted by Crippen LogP contribution is -2.57. The summed E-state index contributed by atoms with van der Waals surface area (Å²) in [6.45, 7) is 1.32. The summed E-state index contributed by atoms with van der Waals surface area (Å²) in [5.41, 5.74) is 0.351. The lowest BCUT2D eigenvalue weighted by molar-refractivity contribution is -0.151. The van der Waals surface area contributed by atoms with Gasteiger partial charge >= 0.3 is 0 Å². The van der Waals surface area contributed by atoms with Gasteiger partial charge in [0.15, 0.2) is 0 Å². The van der Waals surface area contributed by atoms with Crippen LogP contribution < -0.4 is 5.32 Å². The molecule has 31 heavy (non-hydrogen) atoms. The number of carbonyl (C=O) groups excluding carboxylic acids is 2. The Labute approximate surface area is 191 Å². The van der Waals surface area contributed by atoms with Crippen LogP contribution in [0.15, 0.2) is 18.2 Å². The zero-order chi connectivity index (χ0) is 22.4. The van der Waals surface area contributed by atoms with Crippen LogP contribution in [0.3, 0.4) is 0 Å². The van der Waals surface area contributed by atoms with Crippen molar-refractivity contribution in [2.24, 2.45) is 0 Å². The van der Waals surface area contributed by atoms with E-state index in [-0.39, 0.29) is 50.1 Å². The van der Waals surface area contributed by atoms with Crippen molar-refractivity contribution < 1.29 is 28.9 Å². The van der Waals surface area contributed by atoms with Gasteiger partial charge in [-0.2, -0.15) is 0 Å². The van der Waals surface area contributed by atoms with Crippen LogP contribution in [0.4, 0.5) is 0 Å². The summed E-state index contributed by atoms with van der Waals surface area (Å²) in [6.07, 6.45) is -0.0334.